The Kier molecular flexibility index (Phi) is 6.68. The highest BCUT2D eigenvalue weighted by atomic mass is 16.3. The first-order chi connectivity index (χ1) is 27.2. The number of para-hydroxylation sites is 4. The molecule has 0 bridgehead atoms. The van der Waals surface area contributed by atoms with Crippen molar-refractivity contribution in [1.29, 1.82) is 5.26 Å². The van der Waals surface area contributed by atoms with Gasteiger partial charge in [0.1, 0.15) is 16.7 Å². The normalized spacial score (nSPS) is 12.4. The minimum atomic E-state index is 0.498. The molecule has 4 heterocycles. The second kappa shape index (κ2) is 11.9. The number of hydrogen-bond donors (Lipinski definition) is 0. The van der Waals surface area contributed by atoms with E-state index in [0.717, 1.165) is 104 Å². The van der Waals surface area contributed by atoms with Crippen molar-refractivity contribution in [2.75, 3.05) is 0 Å². The Morgan fingerprint density at radius 1 is 0.600 bits per heavy atom. The van der Waals surface area contributed by atoms with E-state index in [1.807, 2.05) is 54.6 Å². The third-order valence-electron chi connectivity index (χ3n) is 10.9. The molecule has 256 valence electrons. The molecule has 4 aromatic heterocycles. The van der Waals surface area contributed by atoms with Crippen molar-refractivity contribution in [3.8, 4) is 24.1 Å². The summed E-state index contributed by atoms with van der Waals surface area (Å²) in [6.45, 7) is 0.498. The van der Waals surface area contributed by atoms with Crippen LogP contribution in [0.5, 0.6) is 0 Å². The van der Waals surface area contributed by atoms with E-state index >= 15 is 0 Å². The quantitative estimate of drug-likeness (QED) is 0.132. The molecule has 0 N–H and O–H groups in total. The predicted molar refractivity (Wildman–Crippen MR) is 225 cm³/mol. The zero-order valence-corrected chi connectivity index (χ0v) is 29.5. The molecule has 0 aliphatic carbocycles. The molecule has 11 rings (SSSR count). The minimum absolute atomic E-state index is 0.498. The van der Waals surface area contributed by atoms with E-state index in [-0.39, 0.29) is 0 Å². The summed E-state index contributed by atoms with van der Waals surface area (Å²) in [6, 6.07) is 50.6. The molecule has 11 aromatic rings. The Bertz CT molecular complexity index is 3550. The van der Waals surface area contributed by atoms with Gasteiger partial charge < -0.3 is 18.0 Å². The van der Waals surface area contributed by atoms with Gasteiger partial charge in [0.2, 0.25) is 0 Å². The van der Waals surface area contributed by atoms with E-state index in [9.17, 15) is 5.26 Å². The first kappa shape index (κ1) is 30.9. The average Bonchev–Trinajstić information content (AvgIpc) is 3.97. The summed E-state index contributed by atoms with van der Waals surface area (Å²) in [5, 5.41) is 19.2. The number of aromatic nitrogens is 2. The Morgan fingerprint density at radius 3 is 2.05 bits per heavy atom. The lowest BCUT2D eigenvalue weighted by atomic mass is 10.0. The molecule has 5 nitrogen and oxygen atoms in total. The zero-order valence-electron chi connectivity index (χ0n) is 29.5. The number of hydrogen-bond acceptors (Lipinski definition) is 3. The van der Waals surface area contributed by atoms with Gasteiger partial charge in [0.05, 0.1) is 28.2 Å². The van der Waals surface area contributed by atoms with Gasteiger partial charge >= 0.3 is 0 Å². The number of allylic oxidation sites excluding steroid dienone is 4. The molecule has 0 aliphatic rings. The van der Waals surface area contributed by atoms with Crippen LogP contribution in [-0.4, -0.2) is 9.13 Å². The number of fused-ring (bicyclic) bond motifs is 13. The fourth-order valence-electron chi connectivity index (χ4n) is 8.57. The van der Waals surface area contributed by atoms with Crippen LogP contribution in [0.2, 0.25) is 0 Å². The van der Waals surface area contributed by atoms with Crippen LogP contribution < -0.4 is 0 Å². The molecule has 0 saturated heterocycles. The van der Waals surface area contributed by atoms with Crippen molar-refractivity contribution in [3.05, 3.63) is 169 Å². The second-order valence-corrected chi connectivity index (χ2v) is 14.0. The summed E-state index contributed by atoms with van der Waals surface area (Å²) >= 11 is 0. The second-order valence-electron chi connectivity index (χ2n) is 14.0. The maximum Gasteiger partial charge on any atom is 0.159 e. The Hall–Kier alpha value is -7.73. The summed E-state index contributed by atoms with van der Waals surface area (Å²) < 4.78 is 17.6. The van der Waals surface area contributed by atoms with Gasteiger partial charge in [-0.05, 0) is 77.9 Å². The summed E-state index contributed by atoms with van der Waals surface area (Å²) in [6.07, 6.45) is 11.4. The fourth-order valence-corrected chi connectivity index (χ4v) is 8.57. The molecule has 0 radical (unpaired) electrons. The number of terminal acetylenes is 1. The first-order valence-electron chi connectivity index (χ1n) is 18.2. The zero-order chi connectivity index (χ0) is 36.6. The molecule has 0 amide bonds. The van der Waals surface area contributed by atoms with Gasteiger partial charge in [-0.15, -0.1) is 6.42 Å². The Balaban J connectivity index is 1.16. The third kappa shape index (κ3) is 4.61. The largest absolute Gasteiger partial charge is 0.456 e. The van der Waals surface area contributed by atoms with Crippen molar-refractivity contribution in [2.45, 2.75) is 6.54 Å². The SMILES string of the molecule is C#C/C=C\C=C(/Cn1c2ccccc2c2ccc3c4ccccc4oc3c21)c1cc(C#N)cc(-n2c3ccccc3c3cc4oc5ccccc5c4cc32)c1. The average molecular weight is 704 g/mol. The van der Waals surface area contributed by atoms with Crippen LogP contribution in [0, 0.1) is 23.7 Å². The molecule has 7 aromatic carbocycles. The summed E-state index contributed by atoms with van der Waals surface area (Å²) in [5.41, 5.74) is 11.0. The van der Waals surface area contributed by atoms with E-state index < -0.39 is 0 Å². The van der Waals surface area contributed by atoms with Crippen molar-refractivity contribution in [1.82, 2.24) is 9.13 Å². The van der Waals surface area contributed by atoms with Crippen LogP contribution in [0.15, 0.2) is 167 Å². The standard InChI is InChI=1S/C50H29N3O2/c1-2-3-4-13-32(30-52-43-18-9-5-14-35(43)39-22-23-40-37-16-7-12-21-47(37)55-50(40)49(39)52)33-24-31(29-51)25-34(26-33)53-44-19-10-6-15-36(44)41-28-48-42(27-45(41)53)38-17-8-11-20-46(38)54-48/h1,3-28H,30H2/b4-3-,32-13+. The van der Waals surface area contributed by atoms with E-state index in [4.69, 9.17) is 15.3 Å². The van der Waals surface area contributed by atoms with Gasteiger partial charge in [-0.2, -0.15) is 5.26 Å². The number of benzene rings is 7. The van der Waals surface area contributed by atoms with Gasteiger partial charge in [-0.25, -0.2) is 0 Å². The number of nitrogens with zero attached hydrogens (tertiary/aromatic N) is 3. The summed E-state index contributed by atoms with van der Waals surface area (Å²) in [7, 11) is 0. The van der Waals surface area contributed by atoms with E-state index in [2.05, 4.69) is 118 Å². The molecule has 5 heteroatoms. The van der Waals surface area contributed by atoms with Gasteiger partial charge in [0.15, 0.2) is 5.58 Å². The maximum absolute atomic E-state index is 10.5. The number of furan rings is 2. The van der Waals surface area contributed by atoms with E-state index in [1.54, 1.807) is 6.08 Å². The molecule has 0 saturated carbocycles. The van der Waals surface area contributed by atoms with Crippen LogP contribution in [0.1, 0.15) is 11.1 Å². The molecule has 0 aliphatic heterocycles. The third-order valence-corrected chi connectivity index (χ3v) is 10.9. The maximum atomic E-state index is 10.5. The molecule has 55 heavy (non-hydrogen) atoms. The Morgan fingerprint density at radius 2 is 1.27 bits per heavy atom. The molecule has 0 spiro atoms. The minimum Gasteiger partial charge on any atom is -0.456 e. The van der Waals surface area contributed by atoms with E-state index in [1.165, 1.54) is 0 Å². The highest BCUT2D eigenvalue weighted by Crippen LogP contribution is 2.41. The Labute approximate surface area is 314 Å². The van der Waals surface area contributed by atoms with Crippen LogP contribution in [0.4, 0.5) is 0 Å². The molecule has 0 unspecified atom stereocenters. The van der Waals surface area contributed by atoms with Crippen molar-refractivity contribution >= 4 is 93.1 Å². The van der Waals surface area contributed by atoms with Gasteiger partial charge in [0.25, 0.3) is 0 Å². The number of rotatable bonds is 5. The van der Waals surface area contributed by atoms with Gasteiger partial charge in [-0.1, -0.05) is 96.9 Å². The lowest BCUT2D eigenvalue weighted by molar-refractivity contribution is 0.669. The monoisotopic (exact) mass is 703 g/mol. The lowest BCUT2D eigenvalue weighted by Crippen LogP contribution is -2.03. The smallest absolute Gasteiger partial charge is 0.159 e. The highest BCUT2D eigenvalue weighted by molar-refractivity contribution is 6.21. The number of nitriles is 1. The summed E-state index contributed by atoms with van der Waals surface area (Å²) in [5.74, 6) is 2.64. The molecule has 0 fully saturated rings. The van der Waals surface area contributed by atoms with Gasteiger partial charge in [0, 0.05) is 60.8 Å². The van der Waals surface area contributed by atoms with Crippen LogP contribution in [0.3, 0.4) is 0 Å². The van der Waals surface area contributed by atoms with Crippen LogP contribution >= 0.6 is 0 Å². The van der Waals surface area contributed by atoms with Crippen molar-refractivity contribution in [2.24, 2.45) is 0 Å². The molecular formula is C50H29N3O2. The van der Waals surface area contributed by atoms with Crippen molar-refractivity contribution in [3.63, 3.8) is 0 Å². The van der Waals surface area contributed by atoms with Gasteiger partial charge in [-0.3, -0.25) is 0 Å². The summed E-state index contributed by atoms with van der Waals surface area (Å²) in [4.78, 5) is 0. The van der Waals surface area contributed by atoms with Crippen molar-refractivity contribution < 1.29 is 8.83 Å². The first-order valence-corrected chi connectivity index (χ1v) is 18.2. The lowest BCUT2D eigenvalue weighted by Gasteiger charge is -2.15. The van der Waals surface area contributed by atoms with E-state index in [0.29, 0.717) is 12.1 Å². The topological polar surface area (TPSA) is 59.9 Å². The van der Waals surface area contributed by atoms with Crippen LogP contribution in [-0.2, 0) is 6.54 Å². The van der Waals surface area contributed by atoms with Crippen LogP contribution in [0.25, 0.3) is 98.7 Å². The fraction of sp³-hybridized carbons (Fsp3) is 0.0200. The molecular weight excluding hydrogens is 675 g/mol. The molecule has 0 atom stereocenters. The predicted octanol–water partition coefficient (Wildman–Crippen LogP) is 12.8. The highest BCUT2D eigenvalue weighted by Gasteiger charge is 2.21.